The second-order valence-electron chi connectivity index (χ2n) is 5.49. The summed E-state index contributed by atoms with van der Waals surface area (Å²) in [5.74, 6) is -0.255. The Kier molecular flexibility index (Phi) is 6.83. The Hall–Kier alpha value is -2.53. The van der Waals surface area contributed by atoms with Crippen LogP contribution in [-0.2, 0) is 20.7 Å². The van der Waals surface area contributed by atoms with Crippen LogP contribution in [0.1, 0.15) is 24.1 Å². The summed E-state index contributed by atoms with van der Waals surface area (Å²) in [6.45, 7) is 1.50. The van der Waals surface area contributed by atoms with Gasteiger partial charge in [-0.05, 0) is 30.7 Å². The van der Waals surface area contributed by atoms with Crippen molar-refractivity contribution in [3.05, 3.63) is 64.7 Å². The minimum absolute atomic E-state index is 0.0428. The minimum atomic E-state index is -0.491. The lowest BCUT2D eigenvalue weighted by molar-refractivity contribution is -0.148. The van der Waals surface area contributed by atoms with Gasteiger partial charge in [0.1, 0.15) is 5.75 Å². The highest BCUT2D eigenvalue weighted by atomic mass is 35.5. The molecule has 0 saturated carbocycles. The molecule has 0 aliphatic carbocycles. The largest absolute Gasteiger partial charge is 0.496 e. The maximum absolute atomic E-state index is 11.9. The number of methoxy groups -OCH3 is 1. The van der Waals surface area contributed by atoms with Crippen molar-refractivity contribution < 1.29 is 19.1 Å². The quantitative estimate of drug-likeness (QED) is 0.768. The Bertz CT molecular complexity index is 748. The van der Waals surface area contributed by atoms with Crippen LogP contribution in [0.25, 0.3) is 0 Å². The number of rotatable bonds is 7. The summed E-state index contributed by atoms with van der Waals surface area (Å²) in [7, 11) is 1.54. The van der Waals surface area contributed by atoms with Gasteiger partial charge in [0, 0.05) is 10.6 Å². The molecule has 132 valence electrons. The minimum Gasteiger partial charge on any atom is -0.496 e. The summed E-state index contributed by atoms with van der Waals surface area (Å²) in [5.41, 5.74) is 1.59. The van der Waals surface area contributed by atoms with Crippen LogP contribution < -0.4 is 10.1 Å². The van der Waals surface area contributed by atoms with Gasteiger partial charge in [-0.3, -0.25) is 9.59 Å². The van der Waals surface area contributed by atoms with E-state index in [0.29, 0.717) is 16.3 Å². The van der Waals surface area contributed by atoms with E-state index in [0.717, 1.165) is 5.56 Å². The molecule has 0 unspecified atom stereocenters. The number of hydrogen-bond donors (Lipinski definition) is 1. The highest BCUT2D eigenvalue weighted by Crippen LogP contribution is 2.18. The van der Waals surface area contributed by atoms with Crippen LogP contribution in [0.15, 0.2) is 48.5 Å². The molecule has 0 spiro atoms. The number of benzene rings is 2. The maximum atomic E-state index is 11.9. The molecule has 2 aromatic rings. The third-order valence-electron chi connectivity index (χ3n) is 3.62. The monoisotopic (exact) mass is 361 g/mol. The number of carbonyl (C=O) groups excluding carboxylic acids is 2. The fourth-order valence-electron chi connectivity index (χ4n) is 2.34. The van der Waals surface area contributed by atoms with Gasteiger partial charge in [0.2, 0.25) is 0 Å². The van der Waals surface area contributed by atoms with Gasteiger partial charge < -0.3 is 14.8 Å². The number of hydrogen-bond acceptors (Lipinski definition) is 4. The van der Waals surface area contributed by atoms with E-state index in [1.807, 2.05) is 31.2 Å². The van der Waals surface area contributed by atoms with Gasteiger partial charge in [0.05, 0.1) is 19.6 Å². The molecule has 6 heteroatoms. The van der Waals surface area contributed by atoms with Gasteiger partial charge in [-0.1, -0.05) is 41.9 Å². The van der Waals surface area contributed by atoms with E-state index in [9.17, 15) is 9.59 Å². The first kappa shape index (κ1) is 18.8. The third-order valence-corrected chi connectivity index (χ3v) is 3.85. The van der Waals surface area contributed by atoms with Crippen molar-refractivity contribution >= 4 is 23.5 Å². The zero-order chi connectivity index (χ0) is 18.2. The molecule has 0 fully saturated rings. The van der Waals surface area contributed by atoms with Crippen molar-refractivity contribution in [1.82, 2.24) is 5.32 Å². The number of halogens is 1. The molecule has 2 rings (SSSR count). The van der Waals surface area contributed by atoms with E-state index < -0.39 is 5.97 Å². The molecule has 1 N–H and O–H groups in total. The van der Waals surface area contributed by atoms with Crippen molar-refractivity contribution in [3.63, 3.8) is 0 Å². The smallest absolute Gasteiger partial charge is 0.310 e. The number of nitrogens with one attached hydrogen (secondary N) is 1. The van der Waals surface area contributed by atoms with Gasteiger partial charge in [-0.2, -0.15) is 0 Å². The first-order valence-electron chi connectivity index (χ1n) is 7.82. The van der Waals surface area contributed by atoms with Crippen LogP contribution in [0.3, 0.4) is 0 Å². The van der Waals surface area contributed by atoms with E-state index in [1.165, 1.54) is 7.11 Å². The van der Waals surface area contributed by atoms with Gasteiger partial charge in [-0.15, -0.1) is 0 Å². The Morgan fingerprint density at radius 1 is 1.16 bits per heavy atom. The molecule has 0 heterocycles. The maximum Gasteiger partial charge on any atom is 0.310 e. The zero-order valence-corrected chi connectivity index (χ0v) is 14.9. The fraction of sp³-hybridized carbons (Fsp3) is 0.263. The van der Waals surface area contributed by atoms with Crippen molar-refractivity contribution in [2.24, 2.45) is 0 Å². The van der Waals surface area contributed by atoms with Crippen LogP contribution in [0.4, 0.5) is 0 Å². The summed E-state index contributed by atoms with van der Waals surface area (Å²) >= 11 is 5.94. The SMILES string of the molecule is COc1ccccc1CC(=O)OCC(=O)N[C@@H](C)c1cccc(Cl)c1. The van der Waals surface area contributed by atoms with Gasteiger partial charge >= 0.3 is 5.97 Å². The van der Waals surface area contributed by atoms with Crippen LogP contribution >= 0.6 is 11.6 Å². The second kappa shape index (κ2) is 9.08. The Morgan fingerprint density at radius 3 is 2.64 bits per heavy atom. The molecular formula is C19H20ClNO4. The fourth-order valence-corrected chi connectivity index (χ4v) is 2.54. The summed E-state index contributed by atoms with van der Waals surface area (Å²) < 4.78 is 10.2. The standard InChI is InChI=1S/C19H20ClNO4/c1-13(14-7-5-8-16(20)10-14)21-18(22)12-25-19(23)11-15-6-3-4-9-17(15)24-2/h3-10,13H,11-12H2,1-2H3,(H,21,22)/t13-/m0/s1. The predicted octanol–water partition coefficient (Wildman–Crippen LogP) is 3.31. The van der Waals surface area contributed by atoms with Gasteiger partial charge in [0.15, 0.2) is 6.61 Å². The molecule has 0 aromatic heterocycles. The topological polar surface area (TPSA) is 64.6 Å². The summed E-state index contributed by atoms with van der Waals surface area (Å²) in [5, 5.41) is 3.36. The lowest BCUT2D eigenvalue weighted by Gasteiger charge is -2.15. The molecule has 0 radical (unpaired) electrons. The van der Waals surface area contributed by atoms with Crippen molar-refractivity contribution in [1.29, 1.82) is 0 Å². The number of esters is 1. The molecule has 25 heavy (non-hydrogen) atoms. The van der Waals surface area contributed by atoms with E-state index >= 15 is 0 Å². The normalized spacial score (nSPS) is 11.5. The Labute approximate surface area is 151 Å². The third kappa shape index (κ3) is 5.80. The van der Waals surface area contributed by atoms with Crippen LogP contribution in [-0.4, -0.2) is 25.6 Å². The summed E-state index contributed by atoms with van der Waals surface area (Å²) in [4.78, 5) is 23.9. The molecule has 0 aliphatic heterocycles. The lowest BCUT2D eigenvalue weighted by Crippen LogP contribution is -2.31. The van der Waals surface area contributed by atoms with Crippen LogP contribution in [0.2, 0.25) is 5.02 Å². The Morgan fingerprint density at radius 2 is 1.92 bits per heavy atom. The van der Waals surface area contributed by atoms with E-state index in [4.69, 9.17) is 21.1 Å². The van der Waals surface area contributed by atoms with Crippen molar-refractivity contribution in [3.8, 4) is 5.75 Å². The molecule has 1 amide bonds. The highest BCUT2D eigenvalue weighted by molar-refractivity contribution is 6.30. The molecule has 0 bridgehead atoms. The molecule has 1 atom stereocenters. The van der Waals surface area contributed by atoms with E-state index in [-0.39, 0.29) is 25.0 Å². The Balaban J connectivity index is 1.82. The highest BCUT2D eigenvalue weighted by Gasteiger charge is 2.14. The number of carbonyl (C=O) groups is 2. The molecule has 0 aliphatic rings. The average molecular weight is 362 g/mol. The number of ether oxygens (including phenoxy) is 2. The summed E-state index contributed by atoms with van der Waals surface area (Å²) in [6, 6.07) is 14.2. The number of para-hydroxylation sites is 1. The van der Waals surface area contributed by atoms with E-state index in [1.54, 1.807) is 24.3 Å². The van der Waals surface area contributed by atoms with Crippen molar-refractivity contribution in [2.75, 3.05) is 13.7 Å². The molecular weight excluding hydrogens is 342 g/mol. The zero-order valence-electron chi connectivity index (χ0n) is 14.1. The van der Waals surface area contributed by atoms with Crippen molar-refractivity contribution in [2.45, 2.75) is 19.4 Å². The number of amides is 1. The average Bonchev–Trinajstić information content (AvgIpc) is 2.60. The first-order chi connectivity index (χ1) is 12.0. The van der Waals surface area contributed by atoms with Crippen LogP contribution in [0, 0.1) is 0 Å². The van der Waals surface area contributed by atoms with E-state index in [2.05, 4.69) is 5.32 Å². The molecule has 0 saturated heterocycles. The molecule has 5 nitrogen and oxygen atoms in total. The first-order valence-corrected chi connectivity index (χ1v) is 8.19. The summed E-state index contributed by atoms with van der Waals surface area (Å²) in [6.07, 6.45) is 0.0428. The van der Waals surface area contributed by atoms with Crippen LogP contribution in [0.5, 0.6) is 5.75 Å². The predicted molar refractivity (Wildman–Crippen MR) is 95.7 cm³/mol. The lowest BCUT2D eigenvalue weighted by atomic mass is 10.1. The van der Waals surface area contributed by atoms with Gasteiger partial charge in [0.25, 0.3) is 5.91 Å². The molecule has 2 aromatic carbocycles. The second-order valence-corrected chi connectivity index (χ2v) is 5.93. The van der Waals surface area contributed by atoms with Gasteiger partial charge in [-0.25, -0.2) is 0 Å².